The van der Waals surface area contributed by atoms with E-state index in [1.807, 2.05) is 0 Å². The first-order valence-corrected chi connectivity index (χ1v) is 7.34. The lowest BCUT2D eigenvalue weighted by Crippen LogP contribution is -2.20. The summed E-state index contributed by atoms with van der Waals surface area (Å²) in [6.45, 7) is 4.27. The summed E-state index contributed by atoms with van der Waals surface area (Å²) in [5.74, 6) is -0.728. The van der Waals surface area contributed by atoms with Crippen LogP contribution in [0.2, 0.25) is 0 Å². The largest absolute Gasteiger partial charge is 0.478 e. The monoisotopic (exact) mass is 287 g/mol. The minimum absolute atomic E-state index is 0.236. The van der Waals surface area contributed by atoms with Crippen molar-refractivity contribution >= 4 is 16.9 Å². The first-order valence-electron chi connectivity index (χ1n) is 7.34. The standard InChI is InChI=1S/C17H18FNO2/c1-9(2)11-4-3-5-12-15(17(20)21)13-8-10(18)6-7-14(13)19-16(11)12/h6-9,11H,3-5H2,1-2H3,(H,20,21). The third-order valence-corrected chi connectivity index (χ3v) is 4.39. The van der Waals surface area contributed by atoms with E-state index in [0.29, 0.717) is 23.2 Å². The number of rotatable bonds is 2. The van der Waals surface area contributed by atoms with E-state index >= 15 is 0 Å². The summed E-state index contributed by atoms with van der Waals surface area (Å²) in [5.41, 5.74) is 2.50. The van der Waals surface area contributed by atoms with Crippen LogP contribution in [0.3, 0.4) is 0 Å². The molecule has 0 spiro atoms. The van der Waals surface area contributed by atoms with Gasteiger partial charge in [-0.15, -0.1) is 0 Å². The average molecular weight is 287 g/mol. The van der Waals surface area contributed by atoms with Gasteiger partial charge in [-0.3, -0.25) is 4.98 Å². The van der Waals surface area contributed by atoms with E-state index in [1.165, 1.54) is 12.1 Å². The molecule has 1 aromatic carbocycles. The van der Waals surface area contributed by atoms with Crippen LogP contribution in [-0.4, -0.2) is 16.1 Å². The highest BCUT2D eigenvalue weighted by molar-refractivity contribution is 6.04. The molecule has 1 aliphatic rings. The second-order valence-electron chi connectivity index (χ2n) is 6.06. The quantitative estimate of drug-likeness (QED) is 0.902. The van der Waals surface area contributed by atoms with Crippen molar-refractivity contribution in [2.45, 2.75) is 39.0 Å². The van der Waals surface area contributed by atoms with Crippen LogP contribution < -0.4 is 0 Å². The van der Waals surface area contributed by atoms with E-state index in [9.17, 15) is 14.3 Å². The van der Waals surface area contributed by atoms with E-state index in [0.717, 1.165) is 24.1 Å². The average Bonchev–Trinajstić information content (AvgIpc) is 2.43. The van der Waals surface area contributed by atoms with Crippen LogP contribution in [0, 0.1) is 11.7 Å². The first-order chi connectivity index (χ1) is 9.99. The molecule has 1 aromatic heterocycles. The molecule has 1 aliphatic carbocycles. The number of hydrogen-bond acceptors (Lipinski definition) is 2. The number of fused-ring (bicyclic) bond motifs is 2. The summed E-state index contributed by atoms with van der Waals surface area (Å²) in [4.78, 5) is 16.4. The van der Waals surface area contributed by atoms with Gasteiger partial charge in [0.2, 0.25) is 0 Å². The van der Waals surface area contributed by atoms with E-state index in [-0.39, 0.29) is 11.5 Å². The number of carbonyl (C=O) groups is 1. The van der Waals surface area contributed by atoms with Gasteiger partial charge in [0.15, 0.2) is 0 Å². The highest BCUT2D eigenvalue weighted by Gasteiger charge is 2.29. The number of hydrogen-bond donors (Lipinski definition) is 1. The molecule has 0 saturated carbocycles. The summed E-state index contributed by atoms with van der Waals surface area (Å²) < 4.78 is 13.5. The fourth-order valence-corrected chi connectivity index (χ4v) is 3.38. The summed E-state index contributed by atoms with van der Waals surface area (Å²) >= 11 is 0. The minimum Gasteiger partial charge on any atom is -0.478 e. The molecule has 0 radical (unpaired) electrons. The maximum atomic E-state index is 13.5. The van der Waals surface area contributed by atoms with Gasteiger partial charge in [-0.25, -0.2) is 9.18 Å². The maximum Gasteiger partial charge on any atom is 0.336 e. The summed E-state index contributed by atoms with van der Waals surface area (Å²) in [6.07, 6.45) is 2.70. The van der Waals surface area contributed by atoms with Crippen molar-refractivity contribution in [1.29, 1.82) is 0 Å². The molecule has 1 N–H and O–H groups in total. The fourth-order valence-electron chi connectivity index (χ4n) is 3.38. The van der Waals surface area contributed by atoms with Crippen LogP contribution in [0.1, 0.15) is 54.2 Å². The number of benzene rings is 1. The summed E-state index contributed by atoms with van der Waals surface area (Å²) in [5, 5.41) is 10.0. The fraction of sp³-hybridized carbons (Fsp3) is 0.412. The Morgan fingerprint density at radius 2 is 2.19 bits per heavy atom. The molecule has 1 atom stereocenters. The third kappa shape index (κ3) is 2.28. The summed E-state index contributed by atoms with van der Waals surface area (Å²) in [6, 6.07) is 4.19. The Hall–Kier alpha value is -1.97. The number of pyridine rings is 1. The van der Waals surface area contributed by atoms with Crippen LogP contribution in [-0.2, 0) is 6.42 Å². The lowest BCUT2D eigenvalue weighted by molar-refractivity contribution is 0.0697. The maximum absolute atomic E-state index is 13.5. The number of nitrogens with zero attached hydrogens (tertiary/aromatic N) is 1. The van der Waals surface area contributed by atoms with Crippen LogP contribution in [0.25, 0.3) is 10.9 Å². The van der Waals surface area contributed by atoms with Crippen molar-refractivity contribution in [3.63, 3.8) is 0 Å². The van der Waals surface area contributed by atoms with Crippen molar-refractivity contribution < 1.29 is 14.3 Å². The van der Waals surface area contributed by atoms with Gasteiger partial charge in [-0.05, 0) is 48.9 Å². The molecule has 2 aromatic rings. The molecule has 0 fully saturated rings. The normalized spacial score (nSPS) is 18.0. The zero-order chi connectivity index (χ0) is 15.1. The highest BCUT2D eigenvalue weighted by Crippen LogP contribution is 2.39. The molecule has 3 rings (SSSR count). The molecule has 21 heavy (non-hydrogen) atoms. The minimum atomic E-state index is -0.992. The Labute approximate surface area is 122 Å². The number of aromatic carboxylic acids is 1. The molecule has 1 unspecified atom stereocenters. The SMILES string of the molecule is CC(C)C1CCCc2c1nc1ccc(F)cc1c2C(=O)O. The van der Waals surface area contributed by atoms with E-state index in [4.69, 9.17) is 0 Å². The van der Waals surface area contributed by atoms with Crippen LogP contribution in [0.4, 0.5) is 4.39 Å². The van der Waals surface area contributed by atoms with Gasteiger partial charge in [0.25, 0.3) is 0 Å². The zero-order valence-electron chi connectivity index (χ0n) is 12.2. The predicted molar refractivity (Wildman–Crippen MR) is 79.2 cm³/mol. The molecule has 0 saturated heterocycles. The van der Waals surface area contributed by atoms with Crippen molar-refractivity contribution in [2.24, 2.45) is 5.92 Å². The molecular weight excluding hydrogens is 269 g/mol. The number of halogens is 1. The van der Waals surface area contributed by atoms with Gasteiger partial charge in [-0.1, -0.05) is 13.8 Å². The lowest BCUT2D eigenvalue weighted by Gasteiger charge is -2.29. The number of carboxylic acid groups (broad SMARTS) is 1. The van der Waals surface area contributed by atoms with Crippen molar-refractivity contribution in [1.82, 2.24) is 4.98 Å². The Morgan fingerprint density at radius 3 is 2.86 bits per heavy atom. The molecule has 110 valence electrons. The van der Waals surface area contributed by atoms with Crippen molar-refractivity contribution in [3.8, 4) is 0 Å². The van der Waals surface area contributed by atoms with Crippen LogP contribution in [0.15, 0.2) is 18.2 Å². The van der Waals surface area contributed by atoms with Gasteiger partial charge < -0.3 is 5.11 Å². The third-order valence-electron chi connectivity index (χ3n) is 4.39. The van der Waals surface area contributed by atoms with E-state index < -0.39 is 11.8 Å². The van der Waals surface area contributed by atoms with Crippen LogP contribution >= 0.6 is 0 Å². The first kappa shape index (κ1) is 14.0. The Balaban J connectivity index is 2.36. The molecule has 3 nitrogen and oxygen atoms in total. The van der Waals surface area contributed by atoms with Gasteiger partial charge in [0.05, 0.1) is 11.1 Å². The van der Waals surface area contributed by atoms with E-state index in [2.05, 4.69) is 18.8 Å². The molecule has 0 aliphatic heterocycles. The number of carboxylic acids is 1. The highest BCUT2D eigenvalue weighted by atomic mass is 19.1. The zero-order valence-corrected chi connectivity index (χ0v) is 12.2. The Bertz CT molecular complexity index is 724. The predicted octanol–water partition coefficient (Wildman–Crippen LogP) is 4.15. The molecule has 0 amide bonds. The Morgan fingerprint density at radius 1 is 1.43 bits per heavy atom. The van der Waals surface area contributed by atoms with Crippen molar-refractivity contribution in [2.75, 3.05) is 0 Å². The van der Waals surface area contributed by atoms with Gasteiger partial charge >= 0.3 is 5.97 Å². The summed E-state index contributed by atoms with van der Waals surface area (Å²) in [7, 11) is 0. The molecular formula is C17H18FNO2. The molecule has 1 heterocycles. The van der Waals surface area contributed by atoms with Gasteiger partial charge in [-0.2, -0.15) is 0 Å². The second kappa shape index (κ2) is 5.10. The molecule has 4 heteroatoms. The number of aromatic nitrogens is 1. The van der Waals surface area contributed by atoms with E-state index in [1.54, 1.807) is 6.07 Å². The van der Waals surface area contributed by atoms with Gasteiger partial charge in [0.1, 0.15) is 5.82 Å². The smallest absolute Gasteiger partial charge is 0.336 e. The Kier molecular flexibility index (Phi) is 3.40. The van der Waals surface area contributed by atoms with Crippen LogP contribution in [0.5, 0.6) is 0 Å². The topological polar surface area (TPSA) is 50.2 Å². The van der Waals surface area contributed by atoms with Gasteiger partial charge in [0, 0.05) is 17.0 Å². The lowest BCUT2D eigenvalue weighted by atomic mass is 9.78. The second-order valence-corrected chi connectivity index (χ2v) is 6.06. The molecule has 0 bridgehead atoms. The van der Waals surface area contributed by atoms with Crippen molar-refractivity contribution in [3.05, 3.63) is 40.8 Å².